The third-order valence-corrected chi connectivity index (χ3v) is 3.92. The number of benzene rings is 2. The molecule has 1 aliphatic heterocycles. The molecule has 1 fully saturated rings. The molecule has 1 aliphatic rings. The van der Waals surface area contributed by atoms with E-state index in [9.17, 15) is 19.7 Å². The van der Waals surface area contributed by atoms with Crippen LogP contribution in [0.5, 0.6) is 0 Å². The number of hydrogen-bond acceptors (Lipinski definition) is 6. The van der Waals surface area contributed by atoms with Crippen molar-refractivity contribution < 1.29 is 24.0 Å². The number of amides is 1. The Morgan fingerprint density at radius 2 is 1.88 bits per heavy atom. The highest BCUT2D eigenvalue weighted by Crippen LogP contribution is 2.25. The molecular weight excluding hydrogens is 340 g/mol. The summed E-state index contributed by atoms with van der Waals surface area (Å²) in [5.41, 5.74) is 0.771. The number of nitro benzene ring substituents is 1. The number of nitrogens with one attached hydrogen (secondary N) is 1. The van der Waals surface area contributed by atoms with Gasteiger partial charge in [-0.1, -0.05) is 30.3 Å². The summed E-state index contributed by atoms with van der Waals surface area (Å²) in [7, 11) is 0. The van der Waals surface area contributed by atoms with Crippen LogP contribution in [0.4, 0.5) is 5.69 Å². The largest absolute Gasteiger partial charge is 0.452 e. The molecule has 8 heteroatoms. The first-order chi connectivity index (χ1) is 12.5. The van der Waals surface area contributed by atoms with Gasteiger partial charge in [0.1, 0.15) is 12.7 Å². The van der Waals surface area contributed by atoms with E-state index >= 15 is 0 Å². The maximum Gasteiger partial charge on any atom is 0.338 e. The van der Waals surface area contributed by atoms with Gasteiger partial charge in [0, 0.05) is 12.1 Å². The molecule has 8 nitrogen and oxygen atoms in total. The first kappa shape index (κ1) is 17.6. The normalized spacial score (nSPS) is 17.8. The van der Waals surface area contributed by atoms with Gasteiger partial charge in [-0.2, -0.15) is 0 Å². The monoisotopic (exact) mass is 356 g/mol. The Balaban J connectivity index is 1.81. The lowest BCUT2D eigenvalue weighted by atomic mass is 10.0. The van der Waals surface area contributed by atoms with Crippen molar-refractivity contribution in [2.24, 2.45) is 0 Å². The minimum absolute atomic E-state index is 0.0334. The third kappa shape index (κ3) is 4.04. The van der Waals surface area contributed by atoms with Crippen molar-refractivity contribution in [3.05, 3.63) is 75.8 Å². The van der Waals surface area contributed by atoms with Gasteiger partial charge in [0.05, 0.1) is 23.1 Å². The fourth-order valence-electron chi connectivity index (χ4n) is 2.66. The van der Waals surface area contributed by atoms with Crippen LogP contribution in [0.3, 0.4) is 0 Å². The number of ether oxygens (including phenoxy) is 2. The Labute approximate surface area is 148 Å². The Morgan fingerprint density at radius 3 is 2.50 bits per heavy atom. The van der Waals surface area contributed by atoms with E-state index in [0.717, 1.165) is 0 Å². The highest BCUT2D eigenvalue weighted by atomic mass is 16.6. The van der Waals surface area contributed by atoms with Gasteiger partial charge in [-0.15, -0.1) is 0 Å². The number of non-ortho nitro benzene ring substituents is 1. The second-order valence-electron chi connectivity index (χ2n) is 5.73. The van der Waals surface area contributed by atoms with Crippen LogP contribution in [0, 0.1) is 10.1 Å². The molecule has 1 saturated heterocycles. The van der Waals surface area contributed by atoms with Crippen molar-refractivity contribution in [2.75, 3.05) is 13.2 Å². The van der Waals surface area contributed by atoms with Crippen LogP contribution in [0.2, 0.25) is 0 Å². The molecule has 0 radical (unpaired) electrons. The molecule has 26 heavy (non-hydrogen) atoms. The van der Waals surface area contributed by atoms with Gasteiger partial charge < -0.3 is 14.8 Å². The topological polar surface area (TPSA) is 108 Å². The van der Waals surface area contributed by atoms with Crippen molar-refractivity contribution in [3.8, 4) is 0 Å². The van der Waals surface area contributed by atoms with Gasteiger partial charge in [0.2, 0.25) is 5.91 Å². The zero-order chi connectivity index (χ0) is 18.5. The molecule has 1 N–H and O–H groups in total. The number of rotatable bonds is 5. The molecule has 3 rings (SSSR count). The summed E-state index contributed by atoms with van der Waals surface area (Å²) in [6, 6.07) is 13.6. The molecule has 1 unspecified atom stereocenters. The number of carbonyl (C=O) groups is 2. The lowest BCUT2D eigenvalue weighted by molar-refractivity contribution is -0.384. The molecule has 2 aromatic rings. The molecule has 0 saturated carbocycles. The van der Waals surface area contributed by atoms with Crippen LogP contribution in [-0.2, 0) is 14.3 Å². The van der Waals surface area contributed by atoms with Gasteiger partial charge in [-0.25, -0.2) is 4.79 Å². The predicted molar refractivity (Wildman–Crippen MR) is 90.4 cm³/mol. The fourth-order valence-corrected chi connectivity index (χ4v) is 2.66. The number of morpholine rings is 1. The highest BCUT2D eigenvalue weighted by Gasteiger charge is 2.31. The Bertz CT molecular complexity index is 806. The van der Waals surface area contributed by atoms with Crippen molar-refractivity contribution in [1.29, 1.82) is 0 Å². The van der Waals surface area contributed by atoms with E-state index in [0.29, 0.717) is 5.56 Å². The summed E-state index contributed by atoms with van der Waals surface area (Å²) in [6.45, 7) is 0.174. The first-order valence-electron chi connectivity index (χ1n) is 7.92. The molecule has 0 spiro atoms. The number of hydrogen-bond donors (Lipinski definition) is 1. The minimum Gasteiger partial charge on any atom is -0.452 e. The third-order valence-electron chi connectivity index (χ3n) is 3.92. The Kier molecular flexibility index (Phi) is 5.23. The summed E-state index contributed by atoms with van der Waals surface area (Å²) in [4.78, 5) is 34.3. The van der Waals surface area contributed by atoms with E-state index in [1.165, 1.54) is 24.3 Å². The fraction of sp³-hybridized carbons (Fsp3) is 0.222. The Morgan fingerprint density at radius 1 is 1.19 bits per heavy atom. The van der Waals surface area contributed by atoms with Crippen molar-refractivity contribution >= 4 is 17.6 Å². The second kappa shape index (κ2) is 7.75. The maximum absolute atomic E-state index is 12.5. The molecule has 1 heterocycles. The quantitative estimate of drug-likeness (QED) is 0.499. The van der Waals surface area contributed by atoms with Gasteiger partial charge in [0.25, 0.3) is 5.69 Å². The zero-order valence-electron chi connectivity index (χ0n) is 13.7. The number of nitro groups is 1. The smallest absolute Gasteiger partial charge is 0.338 e. The van der Waals surface area contributed by atoms with Crippen LogP contribution in [0.25, 0.3) is 0 Å². The second-order valence-corrected chi connectivity index (χ2v) is 5.73. The van der Waals surface area contributed by atoms with Gasteiger partial charge in [-0.05, 0) is 17.7 Å². The van der Waals surface area contributed by atoms with Gasteiger partial charge in [0.15, 0.2) is 0 Å². The molecule has 1 amide bonds. The van der Waals surface area contributed by atoms with Crippen LogP contribution in [-0.4, -0.2) is 36.1 Å². The van der Waals surface area contributed by atoms with Crippen molar-refractivity contribution in [2.45, 2.75) is 12.1 Å². The van der Waals surface area contributed by atoms with E-state index < -0.39 is 23.0 Å². The average molecular weight is 356 g/mol. The van der Waals surface area contributed by atoms with E-state index in [1.807, 2.05) is 6.07 Å². The number of esters is 1. The molecule has 0 aliphatic carbocycles. The minimum atomic E-state index is -0.747. The maximum atomic E-state index is 12.5. The van der Waals surface area contributed by atoms with Crippen LogP contribution in [0.15, 0.2) is 54.6 Å². The van der Waals surface area contributed by atoms with E-state index in [-0.39, 0.29) is 30.4 Å². The van der Waals surface area contributed by atoms with Crippen LogP contribution < -0.4 is 5.32 Å². The van der Waals surface area contributed by atoms with Gasteiger partial charge >= 0.3 is 5.97 Å². The average Bonchev–Trinajstić information content (AvgIpc) is 2.66. The molecular formula is C18H16N2O6. The molecule has 0 aromatic heterocycles. The number of nitrogens with zero attached hydrogens (tertiary/aromatic N) is 1. The van der Waals surface area contributed by atoms with Gasteiger partial charge in [-0.3, -0.25) is 14.9 Å². The molecule has 2 aromatic carbocycles. The summed E-state index contributed by atoms with van der Waals surface area (Å²) in [5.74, 6) is -0.929. The SMILES string of the molecule is O=C1COC[C@H](C(OC(=O)c2ccc([N+](=O)[O-])cc2)c2ccccc2)N1. The summed E-state index contributed by atoms with van der Waals surface area (Å²) < 4.78 is 10.9. The molecule has 134 valence electrons. The number of carbonyl (C=O) groups excluding carboxylic acids is 2. The van der Waals surface area contributed by atoms with E-state index in [2.05, 4.69) is 5.32 Å². The highest BCUT2D eigenvalue weighted by molar-refractivity contribution is 5.90. The Hall–Kier alpha value is -3.26. The molecule has 2 atom stereocenters. The lowest BCUT2D eigenvalue weighted by Crippen LogP contribution is -2.49. The summed E-state index contributed by atoms with van der Waals surface area (Å²) in [6.07, 6.45) is -0.747. The van der Waals surface area contributed by atoms with Crippen LogP contribution >= 0.6 is 0 Å². The summed E-state index contributed by atoms with van der Waals surface area (Å²) in [5, 5.41) is 13.5. The molecule has 0 bridgehead atoms. The van der Waals surface area contributed by atoms with Crippen molar-refractivity contribution in [3.63, 3.8) is 0 Å². The van der Waals surface area contributed by atoms with E-state index in [1.54, 1.807) is 24.3 Å². The van der Waals surface area contributed by atoms with Crippen molar-refractivity contribution in [1.82, 2.24) is 5.32 Å². The predicted octanol–water partition coefficient (Wildman–Crippen LogP) is 2.01. The van der Waals surface area contributed by atoms with E-state index in [4.69, 9.17) is 9.47 Å². The first-order valence-corrected chi connectivity index (χ1v) is 7.92. The zero-order valence-corrected chi connectivity index (χ0v) is 13.7. The summed E-state index contributed by atoms with van der Waals surface area (Å²) >= 11 is 0. The lowest BCUT2D eigenvalue weighted by Gasteiger charge is -2.31. The van der Waals surface area contributed by atoms with Crippen LogP contribution in [0.1, 0.15) is 22.0 Å². The standard InChI is InChI=1S/C18H16N2O6/c21-16-11-25-10-15(19-16)17(12-4-2-1-3-5-12)26-18(22)13-6-8-14(9-7-13)20(23)24/h1-9,15,17H,10-11H2,(H,19,21)/t15-,17?/m1/s1.